The quantitative estimate of drug-likeness (QED) is 0.905. The molecule has 1 N–H and O–H groups in total. The smallest absolute Gasteiger partial charge is 0.263 e. The highest BCUT2D eigenvalue weighted by Gasteiger charge is 2.28. The van der Waals surface area contributed by atoms with Gasteiger partial charge in [-0.2, -0.15) is 0 Å². The molecule has 4 heteroatoms. The van der Waals surface area contributed by atoms with Gasteiger partial charge in [0, 0.05) is 19.1 Å². The third-order valence-electron chi connectivity index (χ3n) is 4.15. The highest BCUT2D eigenvalue weighted by molar-refractivity contribution is 5.81. The van der Waals surface area contributed by atoms with Gasteiger partial charge in [-0.1, -0.05) is 25.1 Å². The van der Waals surface area contributed by atoms with Crippen molar-refractivity contribution in [3.8, 4) is 5.75 Å². The molecule has 4 nitrogen and oxygen atoms in total. The first-order chi connectivity index (χ1) is 10.2. The van der Waals surface area contributed by atoms with Gasteiger partial charge in [0.15, 0.2) is 6.10 Å². The van der Waals surface area contributed by atoms with Gasteiger partial charge >= 0.3 is 0 Å². The molecular weight excluding hydrogens is 264 g/mol. The minimum atomic E-state index is -0.387. The fourth-order valence-corrected chi connectivity index (χ4v) is 2.77. The molecule has 21 heavy (non-hydrogen) atoms. The molecule has 116 valence electrons. The molecule has 1 saturated heterocycles. The number of ether oxygens (including phenoxy) is 1. The average Bonchev–Trinajstić information content (AvgIpc) is 2.53. The SMILES string of the molecule is CC[C@@H](Oc1ccccc1C)C(=O)N1CCC[C@@H](NC)C1. The zero-order chi connectivity index (χ0) is 15.2. The third kappa shape index (κ3) is 3.97. The number of benzene rings is 1. The van der Waals surface area contributed by atoms with E-state index in [2.05, 4.69) is 5.32 Å². The summed E-state index contributed by atoms with van der Waals surface area (Å²) in [5.41, 5.74) is 1.07. The Morgan fingerprint density at radius 2 is 2.24 bits per heavy atom. The van der Waals surface area contributed by atoms with Gasteiger partial charge in [-0.15, -0.1) is 0 Å². The van der Waals surface area contributed by atoms with E-state index in [4.69, 9.17) is 4.74 Å². The Bertz CT molecular complexity index is 476. The van der Waals surface area contributed by atoms with Crippen molar-refractivity contribution in [2.24, 2.45) is 0 Å². The van der Waals surface area contributed by atoms with Crippen LogP contribution in [0.25, 0.3) is 0 Å². The van der Waals surface area contributed by atoms with Gasteiger partial charge in [0.2, 0.25) is 0 Å². The Morgan fingerprint density at radius 3 is 2.90 bits per heavy atom. The number of likely N-dealkylation sites (N-methyl/N-ethyl adjacent to an activating group) is 1. The fraction of sp³-hybridized carbons (Fsp3) is 0.588. The predicted molar refractivity (Wildman–Crippen MR) is 84.5 cm³/mol. The summed E-state index contributed by atoms with van der Waals surface area (Å²) in [6, 6.07) is 8.26. The van der Waals surface area contributed by atoms with E-state index in [0.29, 0.717) is 12.5 Å². The summed E-state index contributed by atoms with van der Waals surface area (Å²) in [7, 11) is 1.96. The van der Waals surface area contributed by atoms with Crippen LogP contribution in [-0.2, 0) is 4.79 Å². The molecule has 0 aromatic heterocycles. The molecule has 1 aromatic rings. The van der Waals surface area contributed by atoms with Crippen molar-refractivity contribution in [2.45, 2.75) is 45.3 Å². The van der Waals surface area contributed by atoms with Gasteiger partial charge in [-0.25, -0.2) is 0 Å². The normalized spacial score (nSPS) is 20.1. The number of likely N-dealkylation sites (tertiary alicyclic amines) is 1. The van der Waals surface area contributed by atoms with E-state index in [1.807, 2.05) is 50.1 Å². The highest BCUT2D eigenvalue weighted by atomic mass is 16.5. The van der Waals surface area contributed by atoms with Crippen molar-refractivity contribution in [3.05, 3.63) is 29.8 Å². The van der Waals surface area contributed by atoms with Gasteiger partial charge in [0.05, 0.1) is 0 Å². The summed E-state index contributed by atoms with van der Waals surface area (Å²) in [6.07, 6.45) is 2.49. The Morgan fingerprint density at radius 1 is 1.48 bits per heavy atom. The number of hydrogen-bond donors (Lipinski definition) is 1. The maximum absolute atomic E-state index is 12.7. The summed E-state index contributed by atoms with van der Waals surface area (Å²) in [5.74, 6) is 0.917. The molecule has 0 saturated carbocycles. The number of amides is 1. The molecule has 0 radical (unpaired) electrons. The summed E-state index contributed by atoms with van der Waals surface area (Å²) in [5, 5.41) is 3.27. The number of nitrogens with zero attached hydrogens (tertiary/aromatic N) is 1. The van der Waals surface area contributed by atoms with Crippen LogP contribution in [0.4, 0.5) is 0 Å². The maximum atomic E-state index is 12.7. The first-order valence-corrected chi connectivity index (χ1v) is 7.84. The molecule has 0 unspecified atom stereocenters. The van der Waals surface area contributed by atoms with Crippen molar-refractivity contribution < 1.29 is 9.53 Å². The van der Waals surface area contributed by atoms with E-state index < -0.39 is 0 Å². The lowest BCUT2D eigenvalue weighted by Crippen LogP contribution is -2.51. The second kappa shape index (κ2) is 7.46. The molecule has 1 aliphatic heterocycles. The number of hydrogen-bond acceptors (Lipinski definition) is 3. The van der Waals surface area contributed by atoms with E-state index in [1.165, 1.54) is 0 Å². The van der Waals surface area contributed by atoms with Crippen molar-refractivity contribution in [1.29, 1.82) is 0 Å². The van der Waals surface area contributed by atoms with Crippen LogP contribution in [0.15, 0.2) is 24.3 Å². The Balaban J connectivity index is 2.03. The number of aryl methyl sites for hydroxylation is 1. The van der Waals surface area contributed by atoms with Crippen molar-refractivity contribution in [2.75, 3.05) is 20.1 Å². The molecule has 0 bridgehead atoms. The van der Waals surface area contributed by atoms with Crippen LogP contribution in [-0.4, -0.2) is 43.1 Å². The van der Waals surface area contributed by atoms with Crippen LogP contribution in [0.3, 0.4) is 0 Å². The number of para-hydroxylation sites is 1. The van der Waals surface area contributed by atoms with Gasteiger partial charge < -0.3 is 15.0 Å². The Kier molecular flexibility index (Phi) is 5.62. The Labute approximate surface area is 127 Å². The molecular formula is C17H26N2O2. The summed E-state index contributed by atoms with van der Waals surface area (Å²) in [4.78, 5) is 14.6. The van der Waals surface area contributed by atoms with E-state index in [0.717, 1.165) is 37.2 Å². The van der Waals surface area contributed by atoms with E-state index in [1.54, 1.807) is 0 Å². The van der Waals surface area contributed by atoms with Crippen molar-refractivity contribution in [1.82, 2.24) is 10.2 Å². The summed E-state index contributed by atoms with van der Waals surface area (Å²) in [6.45, 7) is 5.62. The topological polar surface area (TPSA) is 41.6 Å². The fourth-order valence-electron chi connectivity index (χ4n) is 2.77. The number of piperidine rings is 1. The molecule has 1 fully saturated rings. The van der Waals surface area contributed by atoms with Gasteiger partial charge in [-0.05, 0) is 44.9 Å². The van der Waals surface area contributed by atoms with E-state index in [9.17, 15) is 4.79 Å². The molecule has 2 rings (SSSR count). The average molecular weight is 290 g/mol. The molecule has 0 spiro atoms. The van der Waals surface area contributed by atoms with Crippen LogP contribution in [0, 0.1) is 6.92 Å². The highest BCUT2D eigenvalue weighted by Crippen LogP contribution is 2.20. The first kappa shape index (κ1) is 15.8. The lowest BCUT2D eigenvalue weighted by atomic mass is 10.0. The zero-order valence-electron chi connectivity index (χ0n) is 13.3. The van der Waals surface area contributed by atoms with Crippen molar-refractivity contribution >= 4 is 5.91 Å². The Hall–Kier alpha value is -1.55. The van der Waals surface area contributed by atoms with Gasteiger partial charge in [-0.3, -0.25) is 4.79 Å². The molecule has 1 amide bonds. The molecule has 2 atom stereocenters. The maximum Gasteiger partial charge on any atom is 0.263 e. The largest absolute Gasteiger partial charge is 0.480 e. The second-order valence-electron chi connectivity index (χ2n) is 5.69. The van der Waals surface area contributed by atoms with Crippen LogP contribution in [0.2, 0.25) is 0 Å². The second-order valence-corrected chi connectivity index (χ2v) is 5.69. The molecule has 0 aliphatic carbocycles. The van der Waals surface area contributed by atoms with Crippen LogP contribution in [0.5, 0.6) is 5.75 Å². The lowest BCUT2D eigenvalue weighted by Gasteiger charge is -2.34. The lowest BCUT2D eigenvalue weighted by molar-refractivity contribution is -0.140. The number of rotatable bonds is 5. The van der Waals surface area contributed by atoms with E-state index in [-0.39, 0.29) is 12.0 Å². The number of nitrogens with one attached hydrogen (secondary N) is 1. The monoisotopic (exact) mass is 290 g/mol. The summed E-state index contributed by atoms with van der Waals surface area (Å²) < 4.78 is 5.97. The predicted octanol–water partition coefficient (Wildman–Crippen LogP) is 2.36. The zero-order valence-corrected chi connectivity index (χ0v) is 13.3. The van der Waals surface area contributed by atoms with Gasteiger partial charge in [0.25, 0.3) is 5.91 Å². The molecule has 1 aromatic carbocycles. The summed E-state index contributed by atoms with van der Waals surface area (Å²) >= 11 is 0. The number of carbonyl (C=O) groups is 1. The molecule has 1 aliphatic rings. The van der Waals surface area contributed by atoms with Crippen LogP contribution >= 0.6 is 0 Å². The third-order valence-corrected chi connectivity index (χ3v) is 4.15. The van der Waals surface area contributed by atoms with E-state index >= 15 is 0 Å². The minimum absolute atomic E-state index is 0.112. The van der Waals surface area contributed by atoms with Crippen LogP contribution < -0.4 is 10.1 Å². The van der Waals surface area contributed by atoms with Crippen LogP contribution in [0.1, 0.15) is 31.7 Å². The number of carbonyl (C=O) groups excluding carboxylic acids is 1. The van der Waals surface area contributed by atoms with Crippen molar-refractivity contribution in [3.63, 3.8) is 0 Å². The minimum Gasteiger partial charge on any atom is -0.480 e. The molecule has 1 heterocycles. The standard InChI is InChI=1S/C17H26N2O2/c1-4-15(21-16-10-6-5-8-13(16)2)17(20)19-11-7-9-14(12-19)18-3/h5-6,8,10,14-15,18H,4,7,9,11-12H2,1-3H3/t14-,15-/m1/s1. The van der Waals surface area contributed by atoms with Gasteiger partial charge in [0.1, 0.15) is 5.75 Å². The first-order valence-electron chi connectivity index (χ1n) is 7.84.